The smallest absolute Gasteiger partial charge is 0.330 e. The number of ether oxygens (including phenoxy) is 6. The summed E-state index contributed by atoms with van der Waals surface area (Å²) in [6, 6.07) is 0. The van der Waals surface area contributed by atoms with E-state index in [1.165, 1.54) is 0 Å². The van der Waals surface area contributed by atoms with Gasteiger partial charge in [0.1, 0.15) is 13.2 Å². The van der Waals surface area contributed by atoms with Crippen LogP contribution in [0.15, 0.2) is 12.7 Å². The zero-order valence-electron chi connectivity index (χ0n) is 16.8. The van der Waals surface area contributed by atoms with E-state index in [1.54, 1.807) is 0 Å². The van der Waals surface area contributed by atoms with E-state index in [-0.39, 0.29) is 38.6 Å². The minimum absolute atomic E-state index is 0.0598. The number of rotatable bonds is 21. The molecular weight excluding hydrogens is 388 g/mol. The fraction of sp³-hybridized carbons (Fsp3) is 0.737. The Bertz CT molecular complexity index is 452. The first kappa shape index (κ1) is 27.0. The summed E-state index contributed by atoms with van der Waals surface area (Å²) in [5.74, 6) is -1.69. The molecule has 0 saturated carbocycles. The maximum absolute atomic E-state index is 11.4. The Morgan fingerprint density at radius 3 is 1.52 bits per heavy atom. The van der Waals surface area contributed by atoms with Gasteiger partial charge in [-0.15, -0.1) is 0 Å². The lowest BCUT2D eigenvalue weighted by molar-refractivity contribution is -0.146. The summed E-state index contributed by atoms with van der Waals surface area (Å²) < 4.78 is 30.8. The van der Waals surface area contributed by atoms with Crippen molar-refractivity contribution in [1.29, 1.82) is 0 Å². The van der Waals surface area contributed by atoms with Crippen molar-refractivity contribution in [2.45, 2.75) is 25.7 Å². The van der Waals surface area contributed by atoms with E-state index in [1.807, 2.05) is 0 Å². The predicted molar refractivity (Wildman–Crippen MR) is 101 cm³/mol. The molecule has 0 unspecified atom stereocenters. The quantitative estimate of drug-likeness (QED) is 0.163. The van der Waals surface area contributed by atoms with E-state index in [0.717, 1.165) is 6.08 Å². The molecule has 0 aliphatic rings. The van der Waals surface area contributed by atoms with Crippen LogP contribution in [0.25, 0.3) is 0 Å². The van der Waals surface area contributed by atoms with Crippen LogP contribution >= 0.6 is 0 Å². The molecule has 0 aliphatic carbocycles. The van der Waals surface area contributed by atoms with Gasteiger partial charge in [0.15, 0.2) is 0 Å². The number of hydrogen-bond acceptors (Lipinski definition) is 9. The molecule has 0 aromatic rings. The Kier molecular flexibility index (Phi) is 19.3. The van der Waals surface area contributed by atoms with Crippen molar-refractivity contribution in [3.8, 4) is 0 Å². The van der Waals surface area contributed by atoms with Crippen molar-refractivity contribution in [3.63, 3.8) is 0 Å². The van der Waals surface area contributed by atoms with Crippen LogP contribution in [0.3, 0.4) is 0 Å². The van der Waals surface area contributed by atoms with Crippen LogP contribution in [0.5, 0.6) is 0 Å². The zero-order chi connectivity index (χ0) is 21.6. The molecule has 0 aromatic heterocycles. The Morgan fingerprint density at radius 1 is 0.655 bits per heavy atom. The van der Waals surface area contributed by atoms with Crippen LogP contribution in [0, 0.1) is 0 Å². The molecule has 0 fully saturated rings. The largest absolute Gasteiger partial charge is 0.481 e. The summed E-state index contributed by atoms with van der Waals surface area (Å²) in [7, 11) is 0. The molecule has 1 N–H and O–H groups in total. The number of aliphatic carboxylic acids is 1. The average molecular weight is 420 g/mol. The first-order chi connectivity index (χ1) is 14.1. The summed E-state index contributed by atoms with van der Waals surface area (Å²) in [4.78, 5) is 32.4. The molecule has 0 saturated heterocycles. The number of carbonyl (C=O) groups is 3. The lowest BCUT2D eigenvalue weighted by Crippen LogP contribution is -2.15. The Labute approximate surface area is 171 Å². The molecule has 0 amide bonds. The summed E-state index contributed by atoms with van der Waals surface area (Å²) in [5.41, 5.74) is 0. The fourth-order valence-corrected chi connectivity index (χ4v) is 1.85. The second kappa shape index (κ2) is 20.7. The molecule has 0 spiro atoms. The average Bonchev–Trinajstić information content (AvgIpc) is 2.70. The molecule has 0 rings (SSSR count). The van der Waals surface area contributed by atoms with Crippen molar-refractivity contribution in [2.24, 2.45) is 0 Å². The molecule has 0 bridgehead atoms. The van der Waals surface area contributed by atoms with Crippen molar-refractivity contribution >= 4 is 17.9 Å². The van der Waals surface area contributed by atoms with Crippen molar-refractivity contribution in [2.75, 3.05) is 66.1 Å². The number of hydrogen-bond donors (Lipinski definition) is 1. The molecule has 29 heavy (non-hydrogen) atoms. The third kappa shape index (κ3) is 22.1. The molecule has 0 heterocycles. The van der Waals surface area contributed by atoms with Gasteiger partial charge in [-0.1, -0.05) is 6.58 Å². The minimum Gasteiger partial charge on any atom is -0.481 e. The number of esters is 2. The van der Waals surface area contributed by atoms with Gasteiger partial charge in [0.25, 0.3) is 0 Å². The van der Waals surface area contributed by atoms with Gasteiger partial charge in [0.2, 0.25) is 0 Å². The molecule has 168 valence electrons. The van der Waals surface area contributed by atoms with E-state index in [4.69, 9.17) is 33.5 Å². The van der Waals surface area contributed by atoms with Gasteiger partial charge in [-0.2, -0.15) is 0 Å². The third-order valence-electron chi connectivity index (χ3n) is 3.27. The number of carbonyl (C=O) groups excluding carboxylic acids is 2. The predicted octanol–water partition coefficient (Wildman–Crippen LogP) is 0.970. The topological polar surface area (TPSA) is 127 Å². The third-order valence-corrected chi connectivity index (χ3v) is 3.27. The monoisotopic (exact) mass is 420 g/mol. The first-order valence-electron chi connectivity index (χ1n) is 9.54. The number of unbranched alkanes of at least 4 members (excludes halogenated alkanes) is 1. The van der Waals surface area contributed by atoms with Gasteiger partial charge in [0.05, 0.1) is 52.9 Å². The highest BCUT2D eigenvalue weighted by molar-refractivity contribution is 5.81. The Balaban J connectivity index is 3.16. The molecule has 10 nitrogen and oxygen atoms in total. The van der Waals surface area contributed by atoms with Crippen molar-refractivity contribution in [3.05, 3.63) is 12.7 Å². The summed E-state index contributed by atoms with van der Waals surface area (Å²) in [5, 5.41) is 8.48. The van der Waals surface area contributed by atoms with Crippen LogP contribution in [-0.2, 0) is 42.8 Å². The second-order valence-electron chi connectivity index (χ2n) is 5.64. The van der Waals surface area contributed by atoms with E-state index in [0.29, 0.717) is 59.1 Å². The molecule has 0 atom stereocenters. The minimum atomic E-state index is -0.865. The van der Waals surface area contributed by atoms with E-state index < -0.39 is 11.9 Å². The maximum Gasteiger partial charge on any atom is 0.330 e. The van der Waals surface area contributed by atoms with Gasteiger partial charge < -0.3 is 33.5 Å². The summed E-state index contributed by atoms with van der Waals surface area (Å²) >= 11 is 0. The molecular formula is C19H32O10. The van der Waals surface area contributed by atoms with E-state index >= 15 is 0 Å². The van der Waals surface area contributed by atoms with Crippen LogP contribution in [0.1, 0.15) is 25.7 Å². The van der Waals surface area contributed by atoms with Gasteiger partial charge in [-0.3, -0.25) is 9.59 Å². The van der Waals surface area contributed by atoms with Crippen LogP contribution in [0.4, 0.5) is 0 Å². The highest BCUT2D eigenvalue weighted by atomic mass is 16.6. The second-order valence-corrected chi connectivity index (χ2v) is 5.64. The first-order valence-corrected chi connectivity index (χ1v) is 9.54. The molecule has 0 aliphatic heterocycles. The van der Waals surface area contributed by atoms with Gasteiger partial charge >= 0.3 is 17.9 Å². The van der Waals surface area contributed by atoms with Crippen LogP contribution in [0.2, 0.25) is 0 Å². The maximum atomic E-state index is 11.4. The molecule has 0 aromatic carbocycles. The lowest BCUT2D eigenvalue weighted by Gasteiger charge is -2.08. The zero-order valence-corrected chi connectivity index (χ0v) is 16.8. The Hall–Kier alpha value is -2.01. The molecule has 10 heteroatoms. The lowest BCUT2D eigenvalue weighted by atomic mass is 10.2. The van der Waals surface area contributed by atoms with Crippen molar-refractivity contribution < 1.29 is 47.9 Å². The highest BCUT2D eigenvalue weighted by Gasteiger charge is 2.04. The number of carboxylic acids is 1. The molecule has 0 radical (unpaired) electrons. The summed E-state index contributed by atoms with van der Waals surface area (Å²) in [6.45, 7) is 6.64. The van der Waals surface area contributed by atoms with E-state index in [2.05, 4.69) is 6.58 Å². The van der Waals surface area contributed by atoms with E-state index in [9.17, 15) is 14.4 Å². The van der Waals surface area contributed by atoms with Crippen LogP contribution in [-0.4, -0.2) is 89.1 Å². The SMILES string of the molecule is C=CC(=O)OCCOCCOCCOCCOCCOC(=O)CCCCC(=O)O. The fourth-order valence-electron chi connectivity index (χ4n) is 1.85. The van der Waals surface area contributed by atoms with Gasteiger partial charge in [-0.05, 0) is 12.8 Å². The standard InChI is InChI=1S/C19H32O10/c1-2-18(22)28-15-13-26-11-9-24-7-8-25-10-12-27-14-16-29-19(23)6-4-3-5-17(20)21/h2H,1,3-16H2,(H,20,21). The summed E-state index contributed by atoms with van der Waals surface area (Å²) in [6.07, 6.45) is 2.33. The van der Waals surface area contributed by atoms with Crippen molar-refractivity contribution in [1.82, 2.24) is 0 Å². The number of carboxylic acid groups (broad SMARTS) is 1. The van der Waals surface area contributed by atoms with Crippen LogP contribution < -0.4 is 0 Å². The Morgan fingerprint density at radius 2 is 1.07 bits per heavy atom. The highest BCUT2D eigenvalue weighted by Crippen LogP contribution is 2.01. The van der Waals surface area contributed by atoms with Gasteiger partial charge in [-0.25, -0.2) is 4.79 Å². The van der Waals surface area contributed by atoms with Gasteiger partial charge in [0, 0.05) is 18.9 Å². The normalized spacial score (nSPS) is 10.5.